The van der Waals surface area contributed by atoms with Gasteiger partial charge in [0.15, 0.2) is 17.6 Å². The van der Waals surface area contributed by atoms with E-state index in [1.165, 1.54) is 5.56 Å². The second kappa shape index (κ2) is 13.4. The number of rotatable bonds is 12. The van der Waals surface area contributed by atoms with E-state index in [0.717, 1.165) is 37.5 Å². The lowest BCUT2D eigenvalue weighted by Crippen LogP contribution is -2.44. The van der Waals surface area contributed by atoms with E-state index < -0.39 is 11.0 Å². The standard InChI is InChI=1S/C30H37N3O4S/c1-4-33(26-19-20-32(22-26)21-24-9-7-6-8-10-24)30(34)23-37-28-13-11-25(12-14-28)31(3)38(35)29-17-15-27(16-18-29)36-5-2/h6-18,26H,4-5,19-23H2,1-3H3. The molecule has 0 radical (unpaired) electrons. The molecule has 2 unspecified atom stereocenters. The molecule has 0 N–H and O–H groups in total. The molecule has 1 aliphatic heterocycles. The molecule has 0 spiro atoms. The summed E-state index contributed by atoms with van der Waals surface area (Å²) in [5, 5.41) is 0. The van der Waals surface area contributed by atoms with Crippen LogP contribution in [0.5, 0.6) is 11.5 Å². The van der Waals surface area contributed by atoms with Crippen molar-refractivity contribution in [3.8, 4) is 11.5 Å². The summed E-state index contributed by atoms with van der Waals surface area (Å²) in [5.41, 5.74) is 2.08. The van der Waals surface area contributed by atoms with Crippen LogP contribution in [0, 0.1) is 0 Å². The number of ether oxygens (including phenoxy) is 2. The predicted molar refractivity (Wildman–Crippen MR) is 152 cm³/mol. The lowest BCUT2D eigenvalue weighted by molar-refractivity contribution is -0.135. The van der Waals surface area contributed by atoms with Gasteiger partial charge in [-0.25, -0.2) is 4.21 Å². The zero-order valence-corrected chi connectivity index (χ0v) is 23.2. The average molecular weight is 536 g/mol. The number of likely N-dealkylation sites (tertiary alicyclic amines) is 1. The van der Waals surface area contributed by atoms with Crippen LogP contribution in [0.4, 0.5) is 5.69 Å². The largest absolute Gasteiger partial charge is 0.494 e. The Morgan fingerprint density at radius 3 is 2.26 bits per heavy atom. The molecular formula is C30H37N3O4S. The van der Waals surface area contributed by atoms with Crippen molar-refractivity contribution in [3.63, 3.8) is 0 Å². The van der Waals surface area contributed by atoms with Crippen molar-refractivity contribution in [2.75, 3.05) is 44.2 Å². The summed E-state index contributed by atoms with van der Waals surface area (Å²) in [6.45, 7) is 7.96. The van der Waals surface area contributed by atoms with Gasteiger partial charge in [-0.1, -0.05) is 30.3 Å². The molecule has 4 rings (SSSR count). The van der Waals surface area contributed by atoms with Crippen LogP contribution < -0.4 is 13.8 Å². The van der Waals surface area contributed by atoms with Crippen molar-refractivity contribution in [3.05, 3.63) is 84.4 Å². The highest BCUT2D eigenvalue weighted by Crippen LogP contribution is 2.24. The highest BCUT2D eigenvalue weighted by Gasteiger charge is 2.30. The quantitative estimate of drug-likeness (QED) is 0.335. The molecule has 1 heterocycles. The van der Waals surface area contributed by atoms with Gasteiger partial charge in [0.1, 0.15) is 11.5 Å². The van der Waals surface area contributed by atoms with E-state index in [2.05, 4.69) is 29.2 Å². The van der Waals surface area contributed by atoms with Crippen LogP contribution in [0.15, 0.2) is 83.8 Å². The van der Waals surface area contributed by atoms with Crippen LogP contribution in [-0.2, 0) is 22.3 Å². The number of carbonyl (C=O) groups is 1. The average Bonchev–Trinajstić information content (AvgIpc) is 3.40. The molecule has 1 aliphatic rings. The van der Waals surface area contributed by atoms with Crippen molar-refractivity contribution in [2.45, 2.75) is 37.8 Å². The Balaban J connectivity index is 1.27. The monoisotopic (exact) mass is 535 g/mol. The van der Waals surface area contributed by atoms with Gasteiger partial charge in [-0.3, -0.25) is 14.0 Å². The summed E-state index contributed by atoms with van der Waals surface area (Å²) in [4.78, 5) is 18.0. The lowest BCUT2D eigenvalue weighted by atomic mass is 10.2. The Bertz CT molecular complexity index is 1190. The second-order valence-corrected chi connectivity index (χ2v) is 10.8. The highest BCUT2D eigenvalue weighted by molar-refractivity contribution is 7.86. The molecule has 0 saturated carbocycles. The van der Waals surface area contributed by atoms with Crippen molar-refractivity contribution < 1.29 is 18.5 Å². The van der Waals surface area contributed by atoms with E-state index in [0.29, 0.717) is 23.8 Å². The summed E-state index contributed by atoms with van der Waals surface area (Å²) in [5.74, 6) is 1.36. The molecule has 7 nitrogen and oxygen atoms in total. The molecule has 2 atom stereocenters. The Labute approximate surface area is 228 Å². The van der Waals surface area contributed by atoms with Crippen LogP contribution in [0.1, 0.15) is 25.8 Å². The number of hydrogen-bond acceptors (Lipinski definition) is 5. The first kappa shape index (κ1) is 27.7. The minimum atomic E-state index is -1.36. The molecule has 0 aromatic heterocycles. The van der Waals surface area contributed by atoms with E-state index in [-0.39, 0.29) is 18.6 Å². The minimum absolute atomic E-state index is 0.00291. The SMILES string of the molecule is CCOc1ccc(S(=O)N(C)c2ccc(OCC(=O)N(CC)C3CCN(Cc4ccccc4)C3)cc2)cc1. The fourth-order valence-corrected chi connectivity index (χ4v) is 5.74. The smallest absolute Gasteiger partial charge is 0.260 e. The number of anilines is 1. The zero-order valence-electron chi connectivity index (χ0n) is 22.4. The topological polar surface area (TPSA) is 62.3 Å². The molecular weight excluding hydrogens is 498 g/mol. The zero-order chi connectivity index (χ0) is 26.9. The molecule has 3 aromatic rings. The molecule has 0 aliphatic carbocycles. The molecule has 202 valence electrons. The highest BCUT2D eigenvalue weighted by atomic mass is 32.2. The van der Waals surface area contributed by atoms with Crippen LogP contribution in [0.25, 0.3) is 0 Å². The number of nitrogens with zero attached hydrogens (tertiary/aromatic N) is 3. The van der Waals surface area contributed by atoms with E-state index in [1.54, 1.807) is 11.4 Å². The second-order valence-electron chi connectivity index (χ2n) is 9.28. The first-order chi connectivity index (χ1) is 18.5. The van der Waals surface area contributed by atoms with Crippen molar-refractivity contribution in [1.82, 2.24) is 9.80 Å². The van der Waals surface area contributed by atoms with Gasteiger partial charge in [0.05, 0.1) is 11.5 Å². The Kier molecular flexibility index (Phi) is 9.79. The maximum Gasteiger partial charge on any atom is 0.260 e. The fraction of sp³-hybridized carbons (Fsp3) is 0.367. The maximum atomic E-state index is 13.0. The number of carbonyl (C=O) groups excluding carboxylic acids is 1. The summed E-state index contributed by atoms with van der Waals surface area (Å²) >= 11 is 0. The molecule has 1 saturated heterocycles. The van der Waals surface area contributed by atoms with Gasteiger partial charge >= 0.3 is 0 Å². The summed E-state index contributed by atoms with van der Waals surface area (Å²) < 4.78 is 26.0. The van der Waals surface area contributed by atoms with Gasteiger partial charge in [-0.15, -0.1) is 0 Å². The molecule has 1 fully saturated rings. The van der Waals surface area contributed by atoms with Gasteiger partial charge in [-0.05, 0) is 74.4 Å². The molecule has 8 heteroatoms. The van der Waals surface area contributed by atoms with Crippen LogP contribution >= 0.6 is 0 Å². The molecule has 1 amide bonds. The summed E-state index contributed by atoms with van der Waals surface area (Å²) in [6.07, 6.45) is 0.971. The normalized spacial score (nSPS) is 16.1. The predicted octanol–water partition coefficient (Wildman–Crippen LogP) is 4.75. The first-order valence-electron chi connectivity index (χ1n) is 13.2. The van der Waals surface area contributed by atoms with E-state index >= 15 is 0 Å². The van der Waals surface area contributed by atoms with Gasteiger partial charge in [0.25, 0.3) is 5.91 Å². The van der Waals surface area contributed by atoms with Crippen LogP contribution in [0.2, 0.25) is 0 Å². The first-order valence-corrected chi connectivity index (χ1v) is 14.3. The van der Waals surface area contributed by atoms with Gasteiger partial charge in [0, 0.05) is 45.0 Å². The van der Waals surface area contributed by atoms with E-state index in [4.69, 9.17) is 9.47 Å². The van der Waals surface area contributed by atoms with Crippen molar-refractivity contribution in [2.24, 2.45) is 0 Å². The minimum Gasteiger partial charge on any atom is -0.494 e. The van der Waals surface area contributed by atoms with E-state index in [9.17, 15) is 9.00 Å². The van der Waals surface area contributed by atoms with Crippen LogP contribution in [0.3, 0.4) is 0 Å². The summed E-state index contributed by atoms with van der Waals surface area (Å²) in [6, 6.07) is 25.2. The Morgan fingerprint density at radius 2 is 1.61 bits per heavy atom. The third-order valence-corrected chi connectivity index (χ3v) is 8.13. The number of amides is 1. The van der Waals surface area contributed by atoms with Crippen molar-refractivity contribution in [1.29, 1.82) is 0 Å². The van der Waals surface area contributed by atoms with E-state index in [1.807, 2.05) is 73.3 Å². The molecule has 0 bridgehead atoms. The lowest BCUT2D eigenvalue weighted by Gasteiger charge is -2.28. The maximum absolute atomic E-state index is 13.0. The number of benzene rings is 3. The van der Waals surface area contributed by atoms with Crippen molar-refractivity contribution >= 4 is 22.6 Å². The van der Waals surface area contributed by atoms with Gasteiger partial charge in [-0.2, -0.15) is 0 Å². The Hall–Kier alpha value is -3.36. The number of likely N-dealkylation sites (N-methyl/N-ethyl adjacent to an activating group) is 1. The summed E-state index contributed by atoms with van der Waals surface area (Å²) in [7, 11) is 0.423. The fourth-order valence-electron chi connectivity index (χ4n) is 4.74. The third kappa shape index (κ3) is 7.14. The molecule has 3 aromatic carbocycles. The Morgan fingerprint density at radius 1 is 0.947 bits per heavy atom. The van der Waals surface area contributed by atoms with Crippen LogP contribution in [-0.4, -0.2) is 65.9 Å². The van der Waals surface area contributed by atoms with Gasteiger partial charge in [0.2, 0.25) is 0 Å². The third-order valence-electron chi connectivity index (χ3n) is 6.75. The number of hydrogen-bond donors (Lipinski definition) is 0. The molecule has 38 heavy (non-hydrogen) atoms. The van der Waals surface area contributed by atoms with Gasteiger partial charge < -0.3 is 14.4 Å².